The predicted molar refractivity (Wildman–Crippen MR) is 97.9 cm³/mol. The number of hydrogen-bond acceptors (Lipinski definition) is 0. The molecule has 97 valence electrons. The van der Waals surface area contributed by atoms with E-state index in [1.807, 2.05) is 0 Å². The topological polar surface area (TPSA) is 0 Å². The van der Waals surface area contributed by atoms with E-state index in [0.717, 1.165) is 0 Å². The van der Waals surface area contributed by atoms with Crippen LogP contribution in [0.25, 0.3) is 0 Å². The van der Waals surface area contributed by atoms with Crippen molar-refractivity contribution in [3.8, 4) is 0 Å². The van der Waals surface area contributed by atoms with Crippen molar-refractivity contribution in [2.45, 2.75) is 31.1 Å². The van der Waals surface area contributed by atoms with Crippen molar-refractivity contribution < 1.29 is 0 Å². The second kappa shape index (κ2) is 11.1. The summed E-state index contributed by atoms with van der Waals surface area (Å²) in [7, 11) is 0. The first-order valence-electron chi connectivity index (χ1n) is 6.84. The van der Waals surface area contributed by atoms with Crippen LogP contribution in [0.5, 0.6) is 0 Å². The Morgan fingerprint density at radius 2 is 1.14 bits per heavy atom. The molecule has 0 aliphatic heterocycles. The Hall–Kier alpha value is 1.44. The second-order valence-electron chi connectivity index (χ2n) is 5.20. The van der Waals surface area contributed by atoms with Crippen LogP contribution in [0.3, 0.4) is 0 Å². The molecule has 0 amide bonds. The molecule has 21 heavy (non-hydrogen) atoms. The fourth-order valence-corrected chi connectivity index (χ4v) is 3.20. The van der Waals surface area contributed by atoms with Crippen LogP contribution in [0.2, 0.25) is 0 Å². The predicted octanol–water partition coefficient (Wildman–Crippen LogP) is 2.81. The van der Waals surface area contributed by atoms with Gasteiger partial charge in [0, 0.05) is 5.41 Å². The molecule has 0 N–H and O–H groups in total. The van der Waals surface area contributed by atoms with Gasteiger partial charge in [-0.05, 0) is 30.4 Å². The van der Waals surface area contributed by atoms with E-state index in [-0.39, 0.29) is 94.1 Å². The van der Waals surface area contributed by atoms with E-state index in [4.69, 9.17) is 0 Å². The van der Waals surface area contributed by atoms with Crippen molar-refractivity contribution >= 4 is 88.7 Å². The molecule has 0 heterocycles. The Morgan fingerprint density at radius 1 is 0.667 bits per heavy atom. The van der Waals surface area contributed by atoms with Gasteiger partial charge < -0.3 is 0 Å². The Balaban J connectivity index is 0.00000133. The number of hydrogen-bond donors (Lipinski definition) is 0. The molecule has 0 aromatic heterocycles. The van der Waals surface area contributed by atoms with Gasteiger partial charge in [-0.2, -0.15) is 0 Å². The van der Waals surface area contributed by atoms with Crippen LogP contribution in [-0.2, 0) is 5.41 Å². The van der Waals surface area contributed by atoms with Gasteiger partial charge in [0.05, 0.1) is 0 Å². The molecule has 3 heteroatoms. The molecule has 1 radical (unpaired) electrons. The molecule has 1 aliphatic carbocycles. The van der Waals surface area contributed by atoms with Crippen LogP contribution in [-0.4, -0.2) is 88.7 Å². The van der Waals surface area contributed by atoms with Crippen LogP contribution in [0.1, 0.15) is 36.8 Å². The molecule has 0 bridgehead atoms. The monoisotopic (exact) mass is 307 g/mol. The third-order valence-corrected chi connectivity index (χ3v) is 4.16. The summed E-state index contributed by atoms with van der Waals surface area (Å²) in [6.45, 7) is 0. The fourth-order valence-electron chi connectivity index (χ4n) is 3.20. The van der Waals surface area contributed by atoms with Crippen LogP contribution < -0.4 is 0 Å². The van der Waals surface area contributed by atoms with Gasteiger partial charge in [-0.15, -0.1) is 0 Å². The number of rotatable bonds is 2. The second-order valence-corrected chi connectivity index (χ2v) is 5.20. The van der Waals surface area contributed by atoms with E-state index in [9.17, 15) is 0 Å². The molecular weight excluding hydrogens is 285 g/mol. The third-order valence-electron chi connectivity index (χ3n) is 4.16. The first-order valence-corrected chi connectivity index (χ1v) is 6.84. The summed E-state index contributed by atoms with van der Waals surface area (Å²) in [4.78, 5) is 0. The summed E-state index contributed by atoms with van der Waals surface area (Å²) in [5, 5.41) is 0. The maximum atomic E-state index is 2.46. The van der Waals surface area contributed by atoms with E-state index in [2.05, 4.69) is 67.1 Å². The molecule has 0 nitrogen and oxygen atoms in total. The van der Waals surface area contributed by atoms with Gasteiger partial charge in [0.25, 0.3) is 0 Å². The van der Waals surface area contributed by atoms with Crippen molar-refractivity contribution in [3.05, 3.63) is 78.2 Å². The van der Waals surface area contributed by atoms with Crippen molar-refractivity contribution in [3.63, 3.8) is 0 Å². The van der Waals surface area contributed by atoms with Gasteiger partial charge in [-0.1, -0.05) is 73.5 Å². The molecule has 2 aromatic carbocycles. The van der Waals surface area contributed by atoms with Gasteiger partial charge in [0.1, 0.15) is 0 Å². The van der Waals surface area contributed by atoms with E-state index < -0.39 is 0 Å². The summed E-state index contributed by atoms with van der Waals surface area (Å²) < 4.78 is 0. The summed E-state index contributed by atoms with van der Waals surface area (Å²) in [6, 6.07) is 22.0. The molecular formula is C18H22Na3. The van der Waals surface area contributed by atoms with E-state index in [1.165, 1.54) is 36.8 Å². The van der Waals surface area contributed by atoms with Crippen LogP contribution >= 0.6 is 0 Å². The summed E-state index contributed by atoms with van der Waals surface area (Å²) >= 11 is 0. The zero-order valence-corrected chi connectivity index (χ0v) is 10.7. The molecule has 0 unspecified atom stereocenters. The van der Waals surface area contributed by atoms with Gasteiger partial charge in [-0.25, -0.2) is 0 Å². The van der Waals surface area contributed by atoms with Crippen LogP contribution in [0.15, 0.2) is 60.7 Å². The Kier molecular flexibility index (Phi) is 11.8. The fraction of sp³-hybridized carbons (Fsp3) is 0.278. The van der Waals surface area contributed by atoms with E-state index >= 15 is 0 Å². The molecule has 3 rings (SSSR count). The van der Waals surface area contributed by atoms with Crippen LogP contribution in [0, 0.1) is 6.42 Å². The van der Waals surface area contributed by atoms with Gasteiger partial charge in [0.15, 0.2) is 0 Å². The minimum atomic E-state index is 0. The normalized spacial score (nSPS) is 15.8. The van der Waals surface area contributed by atoms with Crippen molar-refractivity contribution in [1.29, 1.82) is 0 Å². The summed E-state index contributed by atoms with van der Waals surface area (Å²) in [6.07, 6.45) is 7.45. The molecule has 1 fully saturated rings. The molecule has 0 saturated heterocycles. The molecule has 0 spiro atoms. The average Bonchev–Trinajstić information content (AvgIpc) is 2.50. The van der Waals surface area contributed by atoms with Crippen LogP contribution in [0.4, 0.5) is 0 Å². The summed E-state index contributed by atoms with van der Waals surface area (Å²) in [5.41, 5.74) is 3.14. The molecule has 1 aliphatic rings. The van der Waals surface area contributed by atoms with Crippen molar-refractivity contribution in [2.75, 3.05) is 0 Å². The average molecular weight is 307 g/mol. The molecule has 0 atom stereocenters. The third kappa shape index (κ3) is 5.21. The standard InChI is InChI=1S/C18H19.3Na.3H/c1-4-10-16(11-5-1)18(14-8-3-9-15-18)17-12-6-2-7-13-17;;;;;;/h1-2,4-8,10-13H,3,9,14-15H2;;;;;;. The Morgan fingerprint density at radius 3 is 1.52 bits per heavy atom. The number of benzene rings is 2. The van der Waals surface area contributed by atoms with E-state index in [0.29, 0.717) is 0 Å². The quantitative estimate of drug-likeness (QED) is 0.749. The van der Waals surface area contributed by atoms with E-state index in [1.54, 1.807) is 0 Å². The SMILES string of the molecule is [CH]1CCCC(c2ccccc2)(c2ccccc2)C1.[NaH].[NaH].[NaH]. The van der Waals surface area contributed by atoms with Gasteiger partial charge >= 0.3 is 88.7 Å². The molecule has 1 saturated carbocycles. The zero-order valence-electron chi connectivity index (χ0n) is 10.7. The van der Waals surface area contributed by atoms with Crippen molar-refractivity contribution in [2.24, 2.45) is 0 Å². The summed E-state index contributed by atoms with van der Waals surface area (Å²) in [5.74, 6) is 0. The molecule has 2 aromatic rings. The Labute approximate surface area is 195 Å². The Bertz CT molecular complexity index is 449. The zero-order chi connectivity index (χ0) is 12.3. The van der Waals surface area contributed by atoms with Gasteiger partial charge in [-0.3, -0.25) is 0 Å². The van der Waals surface area contributed by atoms with Crippen molar-refractivity contribution in [1.82, 2.24) is 0 Å². The minimum absolute atomic E-state index is 0. The maximum absolute atomic E-state index is 2.46. The first kappa shape index (κ1) is 22.4. The first-order chi connectivity index (χ1) is 8.92. The van der Waals surface area contributed by atoms with Gasteiger partial charge in [0.2, 0.25) is 0 Å².